The van der Waals surface area contributed by atoms with Crippen molar-refractivity contribution in [3.63, 3.8) is 0 Å². The molecule has 1 N–H and O–H groups in total. The Morgan fingerprint density at radius 1 is 0.917 bits per heavy atom. The maximum atomic E-state index is 13.1. The van der Waals surface area contributed by atoms with Crippen LogP contribution >= 0.6 is 0 Å². The van der Waals surface area contributed by atoms with Crippen molar-refractivity contribution in [2.45, 2.75) is 31.6 Å². The van der Waals surface area contributed by atoms with Gasteiger partial charge in [0.25, 0.3) is 5.91 Å². The molecule has 0 aliphatic rings. The van der Waals surface area contributed by atoms with Crippen LogP contribution in [0.2, 0.25) is 0 Å². The molecule has 2 aromatic carbocycles. The number of benzene rings is 2. The first-order valence-electron chi connectivity index (χ1n) is 11.8. The molecule has 198 valence electrons. The van der Waals surface area contributed by atoms with E-state index in [0.717, 1.165) is 13.0 Å². The van der Waals surface area contributed by atoms with Crippen molar-refractivity contribution in [2.24, 2.45) is 0 Å². The van der Waals surface area contributed by atoms with Gasteiger partial charge in [-0.3, -0.25) is 9.59 Å². The number of rotatable bonds is 12. The second-order valence-electron chi connectivity index (χ2n) is 9.18. The van der Waals surface area contributed by atoms with Gasteiger partial charge < -0.3 is 19.9 Å². The van der Waals surface area contributed by atoms with E-state index in [0.29, 0.717) is 34.7 Å². The van der Waals surface area contributed by atoms with Crippen LogP contribution < -0.4 is 10.1 Å². The van der Waals surface area contributed by atoms with E-state index in [4.69, 9.17) is 4.74 Å². The smallest absolute Gasteiger partial charge is 0.253 e. The molecule has 36 heavy (non-hydrogen) atoms. The maximum absolute atomic E-state index is 13.1. The van der Waals surface area contributed by atoms with E-state index in [1.165, 1.54) is 18.5 Å². The van der Waals surface area contributed by atoms with Crippen LogP contribution in [0.15, 0.2) is 41.3 Å². The maximum Gasteiger partial charge on any atom is 0.253 e. The number of methoxy groups -OCH3 is 1. The molecule has 0 radical (unpaired) electrons. The third-order valence-corrected chi connectivity index (χ3v) is 8.02. The van der Waals surface area contributed by atoms with E-state index < -0.39 is 10.0 Å². The van der Waals surface area contributed by atoms with Gasteiger partial charge in [-0.1, -0.05) is 0 Å². The van der Waals surface area contributed by atoms with Crippen LogP contribution in [0.25, 0.3) is 0 Å². The molecule has 0 fully saturated rings. The van der Waals surface area contributed by atoms with Crippen LogP contribution in [0.1, 0.15) is 34.3 Å². The highest BCUT2D eigenvalue weighted by Gasteiger charge is 2.26. The second-order valence-corrected chi connectivity index (χ2v) is 11.2. The molecule has 0 aliphatic heterocycles. The summed E-state index contributed by atoms with van der Waals surface area (Å²) in [4.78, 5) is 29.0. The Balaban J connectivity index is 1.94. The fourth-order valence-electron chi connectivity index (χ4n) is 3.84. The van der Waals surface area contributed by atoms with Crippen molar-refractivity contribution in [2.75, 3.05) is 60.3 Å². The van der Waals surface area contributed by atoms with Gasteiger partial charge in [0, 0.05) is 44.9 Å². The summed E-state index contributed by atoms with van der Waals surface area (Å²) in [7, 11) is 4.98. The number of hydrogen-bond donors (Lipinski definition) is 1. The van der Waals surface area contributed by atoms with Gasteiger partial charge in [0.05, 0.1) is 12.0 Å². The minimum absolute atomic E-state index is 0.0146. The largest absolute Gasteiger partial charge is 0.497 e. The van der Waals surface area contributed by atoms with E-state index in [9.17, 15) is 18.0 Å². The van der Waals surface area contributed by atoms with E-state index in [1.807, 2.05) is 14.1 Å². The molecular formula is C26H38N4O5S. The molecule has 0 bridgehead atoms. The predicted octanol–water partition coefficient (Wildman–Crippen LogP) is 2.99. The highest BCUT2D eigenvalue weighted by molar-refractivity contribution is 7.89. The van der Waals surface area contributed by atoms with Crippen molar-refractivity contribution in [1.29, 1.82) is 0 Å². The topological polar surface area (TPSA) is 99.3 Å². The summed E-state index contributed by atoms with van der Waals surface area (Å²) in [6.45, 7) is 5.02. The summed E-state index contributed by atoms with van der Waals surface area (Å²) in [6, 6.07) is 10.0. The Labute approximate surface area is 215 Å². The third kappa shape index (κ3) is 7.78. The lowest BCUT2D eigenvalue weighted by atomic mass is 10.1. The summed E-state index contributed by atoms with van der Waals surface area (Å²) >= 11 is 0. The second kappa shape index (κ2) is 12.8. The standard InChI is InChI=1S/C26H38N4O5S/c1-19-17-23(35-7)18-20(2)25(19)36(33,34)30(6)16-13-24(31)27-22-11-9-21(10-12-22)26(32)29(5)15-8-14-28(3)4/h9-12,17-18H,8,13-16H2,1-7H3,(H,27,31). The number of sulfonamides is 1. The Kier molecular flexibility index (Phi) is 10.4. The highest BCUT2D eigenvalue weighted by Crippen LogP contribution is 2.27. The molecule has 9 nitrogen and oxygen atoms in total. The lowest BCUT2D eigenvalue weighted by Crippen LogP contribution is -2.31. The van der Waals surface area contributed by atoms with E-state index in [-0.39, 0.29) is 29.7 Å². The van der Waals surface area contributed by atoms with Crippen molar-refractivity contribution < 1.29 is 22.7 Å². The summed E-state index contributed by atoms with van der Waals surface area (Å²) in [6.07, 6.45) is 0.865. The van der Waals surface area contributed by atoms with Gasteiger partial charge in [-0.25, -0.2) is 12.7 Å². The molecule has 0 saturated carbocycles. The van der Waals surface area contributed by atoms with E-state index in [1.54, 1.807) is 62.2 Å². The number of aryl methyl sites for hydroxylation is 2. The molecule has 0 heterocycles. The van der Waals surface area contributed by atoms with Gasteiger partial charge in [0.1, 0.15) is 5.75 Å². The Morgan fingerprint density at radius 3 is 2.03 bits per heavy atom. The number of carbonyl (C=O) groups excluding carboxylic acids is 2. The average Bonchev–Trinajstić information content (AvgIpc) is 2.81. The van der Waals surface area contributed by atoms with Gasteiger partial charge in [-0.05, 0) is 88.4 Å². The van der Waals surface area contributed by atoms with Crippen LogP contribution in [-0.4, -0.2) is 89.3 Å². The molecule has 0 unspecified atom stereocenters. The van der Waals surface area contributed by atoms with Crippen LogP contribution in [0, 0.1) is 13.8 Å². The lowest BCUT2D eigenvalue weighted by Gasteiger charge is -2.20. The van der Waals surface area contributed by atoms with Crippen LogP contribution in [0.5, 0.6) is 5.75 Å². The molecule has 0 aliphatic carbocycles. The first kappa shape index (κ1) is 29.3. The van der Waals surface area contributed by atoms with Crippen molar-refractivity contribution in [1.82, 2.24) is 14.1 Å². The number of ether oxygens (including phenoxy) is 1. The van der Waals surface area contributed by atoms with E-state index >= 15 is 0 Å². The zero-order chi connectivity index (χ0) is 27.0. The number of amides is 2. The number of nitrogens with zero attached hydrogens (tertiary/aromatic N) is 3. The van der Waals surface area contributed by atoms with E-state index in [2.05, 4.69) is 10.2 Å². The average molecular weight is 519 g/mol. The number of anilines is 1. The molecule has 2 aromatic rings. The van der Waals surface area contributed by atoms with Gasteiger partial charge in [-0.2, -0.15) is 0 Å². The fraction of sp³-hybridized carbons (Fsp3) is 0.462. The van der Waals surface area contributed by atoms with Gasteiger partial charge >= 0.3 is 0 Å². The Morgan fingerprint density at radius 2 is 1.50 bits per heavy atom. The van der Waals surface area contributed by atoms with Gasteiger partial charge in [-0.15, -0.1) is 0 Å². The normalized spacial score (nSPS) is 11.6. The fourth-order valence-corrected chi connectivity index (χ4v) is 5.41. The van der Waals surface area contributed by atoms with Crippen LogP contribution in [-0.2, 0) is 14.8 Å². The molecule has 10 heteroatoms. The Hall–Kier alpha value is -2.95. The summed E-state index contributed by atoms with van der Waals surface area (Å²) in [5.74, 6) is 0.192. The molecule has 0 aromatic heterocycles. The summed E-state index contributed by atoms with van der Waals surface area (Å²) in [5, 5.41) is 2.76. The number of carbonyl (C=O) groups is 2. The van der Waals surface area contributed by atoms with Crippen molar-refractivity contribution in [3.8, 4) is 5.75 Å². The predicted molar refractivity (Wildman–Crippen MR) is 142 cm³/mol. The van der Waals surface area contributed by atoms with Crippen LogP contribution in [0.4, 0.5) is 5.69 Å². The zero-order valence-electron chi connectivity index (χ0n) is 22.3. The van der Waals surface area contributed by atoms with Gasteiger partial charge in [0.15, 0.2) is 0 Å². The highest BCUT2D eigenvalue weighted by atomic mass is 32.2. The molecule has 2 rings (SSSR count). The minimum Gasteiger partial charge on any atom is -0.497 e. The van der Waals surface area contributed by atoms with Crippen molar-refractivity contribution >= 4 is 27.5 Å². The first-order chi connectivity index (χ1) is 16.9. The molecule has 2 amide bonds. The zero-order valence-corrected chi connectivity index (χ0v) is 23.1. The Bertz CT molecular complexity index is 1140. The van der Waals surface area contributed by atoms with Crippen LogP contribution in [0.3, 0.4) is 0 Å². The number of hydrogen-bond acceptors (Lipinski definition) is 6. The third-order valence-electron chi connectivity index (χ3n) is 5.85. The monoisotopic (exact) mass is 518 g/mol. The molecule has 0 saturated heterocycles. The lowest BCUT2D eigenvalue weighted by molar-refractivity contribution is -0.116. The van der Waals surface area contributed by atoms with Gasteiger partial charge in [0.2, 0.25) is 15.9 Å². The molecule has 0 atom stereocenters. The first-order valence-corrected chi connectivity index (χ1v) is 13.2. The molecule has 0 spiro atoms. The minimum atomic E-state index is -3.78. The number of nitrogens with one attached hydrogen (secondary N) is 1. The summed E-state index contributed by atoms with van der Waals surface area (Å²) in [5.41, 5.74) is 2.25. The summed E-state index contributed by atoms with van der Waals surface area (Å²) < 4.78 is 32.6. The molecular weight excluding hydrogens is 480 g/mol. The SMILES string of the molecule is COc1cc(C)c(S(=O)(=O)N(C)CCC(=O)Nc2ccc(C(=O)N(C)CCCN(C)C)cc2)c(C)c1. The quantitative estimate of drug-likeness (QED) is 0.464. The van der Waals surface area contributed by atoms with Crippen molar-refractivity contribution in [3.05, 3.63) is 53.1 Å².